The molecule has 2 heterocycles. The number of sulfonamides is 1. The maximum Gasteiger partial charge on any atom is 0.214 e. The topological polar surface area (TPSA) is 53.2 Å². The van der Waals surface area contributed by atoms with E-state index in [9.17, 15) is 8.42 Å². The quantitative estimate of drug-likeness (QED) is 0.904. The van der Waals surface area contributed by atoms with E-state index in [1.807, 2.05) is 6.92 Å². The third kappa shape index (κ3) is 3.17. The van der Waals surface area contributed by atoms with E-state index in [0.717, 1.165) is 30.3 Å². The average Bonchev–Trinajstić information content (AvgIpc) is 2.89. The van der Waals surface area contributed by atoms with Crippen LogP contribution in [0.25, 0.3) is 10.9 Å². The molecule has 0 atom stereocenters. The zero-order chi connectivity index (χ0) is 16.6. The number of nitrogens with one attached hydrogen (secondary N) is 1. The second-order valence-corrected chi connectivity index (χ2v) is 8.88. The van der Waals surface area contributed by atoms with Gasteiger partial charge in [-0.25, -0.2) is 8.42 Å². The third-order valence-electron chi connectivity index (χ3n) is 4.78. The molecule has 0 bridgehead atoms. The lowest BCUT2D eigenvalue weighted by atomic mass is 9.99. The van der Waals surface area contributed by atoms with E-state index in [1.54, 1.807) is 4.31 Å². The van der Waals surface area contributed by atoms with Gasteiger partial charge in [0.25, 0.3) is 0 Å². The molecule has 0 unspecified atom stereocenters. The second kappa shape index (κ2) is 6.29. The van der Waals surface area contributed by atoms with E-state index >= 15 is 0 Å². The van der Waals surface area contributed by atoms with E-state index in [0.29, 0.717) is 19.0 Å². The van der Waals surface area contributed by atoms with E-state index in [-0.39, 0.29) is 5.75 Å². The molecule has 0 amide bonds. The summed E-state index contributed by atoms with van der Waals surface area (Å²) in [5.41, 5.74) is 4.77. The van der Waals surface area contributed by atoms with Gasteiger partial charge in [0.1, 0.15) is 0 Å². The Morgan fingerprint density at radius 2 is 2.09 bits per heavy atom. The van der Waals surface area contributed by atoms with Crippen LogP contribution in [0, 0.1) is 0 Å². The van der Waals surface area contributed by atoms with Crippen molar-refractivity contribution in [1.29, 1.82) is 0 Å². The normalized spacial score (nSPS) is 16.2. The van der Waals surface area contributed by atoms with Crippen LogP contribution in [0.1, 0.15) is 56.4 Å². The zero-order valence-corrected chi connectivity index (χ0v) is 15.0. The van der Waals surface area contributed by atoms with Crippen LogP contribution in [0.3, 0.4) is 0 Å². The number of hydrogen-bond donors (Lipinski definition) is 1. The van der Waals surface area contributed by atoms with Crippen LogP contribution in [0.4, 0.5) is 0 Å². The van der Waals surface area contributed by atoms with Crippen LogP contribution < -0.4 is 0 Å². The van der Waals surface area contributed by atoms with Gasteiger partial charge in [0.05, 0.1) is 5.75 Å². The van der Waals surface area contributed by atoms with Gasteiger partial charge in [-0.2, -0.15) is 4.31 Å². The predicted molar refractivity (Wildman–Crippen MR) is 95.2 cm³/mol. The van der Waals surface area contributed by atoms with Gasteiger partial charge < -0.3 is 4.98 Å². The first-order valence-corrected chi connectivity index (χ1v) is 10.1. The molecule has 1 aromatic heterocycles. The zero-order valence-electron chi connectivity index (χ0n) is 14.2. The van der Waals surface area contributed by atoms with Gasteiger partial charge in [0.2, 0.25) is 10.0 Å². The third-order valence-corrected chi connectivity index (χ3v) is 6.68. The minimum Gasteiger partial charge on any atom is -0.358 e. The largest absolute Gasteiger partial charge is 0.358 e. The molecule has 1 aromatic carbocycles. The fraction of sp³-hybridized carbons (Fsp3) is 0.556. The van der Waals surface area contributed by atoms with Gasteiger partial charge in [-0.3, -0.25) is 0 Å². The molecule has 4 nitrogen and oxygen atoms in total. The smallest absolute Gasteiger partial charge is 0.214 e. The first kappa shape index (κ1) is 16.5. The Morgan fingerprint density at radius 1 is 1.30 bits per heavy atom. The summed E-state index contributed by atoms with van der Waals surface area (Å²) < 4.78 is 26.7. The molecule has 3 rings (SSSR count). The number of hydrogen-bond acceptors (Lipinski definition) is 2. The van der Waals surface area contributed by atoms with Gasteiger partial charge >= 0.3 is 0 Å². The average molecular weight is 334 g/mol. The molecule has 126 valence electrons. The maximum atomic E-state index is 12.5. The molecule has 0 spiro atoms. The summed E-state index contributed by atoms with van der Waals surface area (Å²) >= 11 is 0. The number of benzene rings is 1. The van der Waals surface area contributed by atoms with Gasteiger partial charge in [-0.05, 0) is 35.6 Å². The molecule has 0 saturated heterocycles. The van der Waals surface area contributed by atoms with Gasteiger partial charge in [-0.15, -0.1) is 0 Å². The standard InChI is InChI=1S/C18H26N2O2S/c1-4-5-10-23(21,22)20-9-8-18-16(12-20)15-11-14(13(2)3)6-7-17(15)19-18/h6-7,11,13,19H,4-5,8-10,12H2,1-3H3. The lowest BCUT2D eigenvalue weighted by Gasteiger charge is -2.26. The number of aromatic nitrogens is 1. The van der Waals surface area contributed by atoms with Crippen LogP contribution in [-0.2, 0) is 23.0 Å². The summed E-state index contributed by atoms with van der Waals surface area (Å²) in [7, 11) is -3.14. The van der Waals surface area contributed by atoms with Crippen LogP contribution in [0.15, 0.2) is 18.2 Å². The Bertz CT molecular complexity index is 806. The van der Waals surface area contributed by atoms with Crippen molar-refractivity contribution in [3.63, 3.8) is 0 Å². The summed E-state index contributed by atoms with van der Waals surface area (Å²) in [6, 6.07) is 6.50. The van der Waals surface area contributed by atoms with Crippen molar-refractivity contribution < 1.29 is 8.42 Å². The number of H-pyrrole nitrogens is 1. The fourth-order valence-electron chi connectivity index (χ4n) is 3.26. The van der Waals surface area contributed by atoms with E-state index in [4.69, 9.17) is 0 Å². The van der Waals surface area contributed by atoms with Gasteiger partial charge in [-0.1, -0.05) is 33.3 Å². The maximum absolute atomic E-state index is 12.5. The molecule has 0 saturated carbocycles. The van der Waals surface area contributed by atoms with E-state index < -0.39 is 10.0 Å². The Labute approximate surface area is 138 Å². The minimum absolute atomic E-state index is 0.262. The Kier molecular flexibility index (Phi) is 4.52. The highest BCUT2D eigenvalue weighted by Crippen LogP contribution is 2.31. The van der Waals surface area contributed by atoms with Crippen LogP contribution in [0.2, 0.25) is 0 Å². The van der Waals surface area contributed by atoms with Crippen molar-refractivity contribution in [2.45, 2.75) is 52.5 Å². The molecule has 1 aliphatic rings. The molecular formula is C18H26N2O2S. The Morgan fingerprint density at radius 3 is 2.78 bits per heavy atom. The highest BCUT2D eigenvalue weighted by molar-refractivity contribution is 7.89. The van der Waals surface area contributed by atoms with Gasteiger partial charge in [0.15, 0.2) is 0 Å². The SMILES string of the molecule is CCCCS(=O)(=O)N1CCc2[nH]c3ccc(C(C)C)cc3c2C1. The number of nitrogens with zero attached hydrogens (tertiary/aromatic N) is 1. The highest BCUT2D eigenvalue weighted by atomic mass is 32.2. The predicted octanol–water partition coefficient (Wildman–Crippen LogP) is 3.78. The molecule has 2 aromatic rings. The van der Waals surface area contributed by atoms with E-state index in [1.165, 1.54) is 16.6 Å². The summed E-state index contributed by atoms with van der Waals surface area (Å²) in [5.74, 6) is 0.733. The highest BCUT2D eigenvalue weighted by Gasteiger charge is 2.28. The molecule has 1 N–H and O–H groups in total. The van der Waals surface area contributed by atoms with Crippen molar-refractivity contribution in [2.24, 2.45) is 0 Å². The molecule has 0 fully saturated rings. The summed E-state index contributed by atoms with van der Waals surface area (Å²) in [6.07, 6.45) is 2.41. The van der Waals surface area contributed by atoms with E-state index in [2.05, 4.69) is 37.0 Å². The molecule has 0 aliphatic carbocycles. The number of fused-ring (bicyclic) bond motifs is 3. The number of rotatable bonds is 5. The van der Waals surface area contributed by atoms with Crippen molar-refractivity contribution >= 4 is 20.9 Å². The second-order valence-electron chi connectivity index (χ2n) is 6.79. The van der Waals surface area contributed by atoms with Crippen LogP contribution in [0.5, 0.6) is 0 Å². The summed E-state index contributed by atoms with van der Waals surface area (Å²) in [6.45, 7) is 7.48. The first-order chi connectivity index (χ1) is 10.9. The van der Waals surface area contributed by atoms with Crippen molar-refractivity contribution in [1.82, 2.24) is 9.29 Å². The van der Waals surface area contributed by atoms with Crippen LogP contribution in [-0.4, -0.2) is 30.0 Å². The van der Waals surface area contributed by atoms with Crippen molar-refractivity contribution in [3.8, 4) is 0 Å². The molecule has 1 aliphatic heterocycles. The Balaban J connectivity index is 1.95. The monoisotopic (exact) mass is 334 g/mol. The lowest BCUT2D eigenvalue weighted by molar-refractivity contribution is 0.390. The Hall–Kier alpha value is -1.33. The van der Waals surface area contributed by atoms with Crippen LogP contribution >= 0.6 is 0 Å². The first-order valence-electron chi connectivity index (χ1n) is 8.53. The van der Waals surface area contributed by atoms with Crippen molar-refractivity contribution in [2.75, 3.05) is 12.3 Å². The lowest BCUT2D eigenvalue weighted by Crippen LogP contribution is -2.37. The molecule has 0 radical (unpaired) electrons. The molecule has 5 heteroatoms. The number of aromatic amines is 1. The molecular weight excluding hydrogens is 308 g/mol. The summed E-state index contributed by atoms with van der Waals surface area (Å²) in [4.78, 5) is 3.48. The minimum atomic E-state index is -3.14. The fourth-order valence-corrected chi connectivity index (χ4v) is 4.87. The molecule has 23 heavy (non-hydrogen) atoms. The van der Waals surface area contributed by atoms with Gasteiger partial charge in [0, 0.05) is 36.1 Å². The van der Waals surface area contributed by atoms with Crippen molar-refractivity contribution in [3.05, 3.63) is 35.0 Å². The number of unbranched alkanes of at least 4 members (excludes halogenated alkanes) is 1. The summed E-state index contributed by atoms with van der Waals surface area (Å²) in [5, 5.41) is 1.18.